The molecule has 16 heavy (non-hydrogen) atoms. The van der Waals surface area contributed by atoms with Crippen LogP contribution in [0.1, 0.15) is 22.9 Å². The number of benzene rings is 1. The zero-order valence-electron chi connectivity index (χ0n) is 8.18. The quantitative estimate of drug-likeness (QED) is 0.645. The van der Waals surface area contributed by atoms with E-state index in [9.17, 15) is 18.0 Å². The molecule has 6 heteroatoms. The Labute approximate surface area is 105 Å². The molecule has 0 radical (unpaired) electrons. The minimum atomic E-state index is -4.39. The monoisotopic (exact) mass is 312 g/mol. The molecule has 1 unspecified atom stereocenters. The third-order valence-corrected chi connectivity index (χ3v) is 3.51. The van der Waals surface area contributed by atoms with Crippen LogP contribution in [0.2, 0.25) is 0 Å². The summed E-state index contributed by atoms with van der Waals surface area (Å²) in [5.41, 5.74) is -0.340. The Morgan fingerprint density at radius 1 is 1.44 bits per heavy atom. The standard InChI is InChI=1S/C10H8BrF3OS/c1-5(15)9(11)7-3-2-6(4-8(7)16)10(12,13)14/h2-4,9,16H,1H3. The molecule has 1 nitrogen and oxygen atoms in total. The van der Waals surface area contributed by atoms with Gasteiger partial charge in [-0.15, -0.1) is 12.6 Å². The number of carbonyl (C=O) groups is 1. The number of ketones is 1. The minimum Gasteiger partial charge on any atom is -0.298 e. The summed E-state index contributed by atoms with van der Waals surface area (Å²) in [4.78, 5) is 10.6. The second-order valence-electron chi connectivity index (χ2n) is 3.24. The summed E-state index contributed by atoms with van der Waals surface area (Å²) in [7, 11) is 0. The fourth-order valence-corrected chi connectivity index (χ4v) is 2.07. The molecule has 1 atom stereocenters. The first-order valence-electron chi connectivity index (χ1n) is 4.28. The van der Waals surface area contributed by atoms with Gasteiger partial charge in [0.1, 0.15) is 5.78 Å². The van der Waals surface area contributed by atoms with Gasteiger partial charge in [-0.1, -0.05) is 22.0 Å². The number of Topliss-reactive ketones (excluding diaryl/α,β-unsaturated/α-hetero) is 1. The molecule has 0 saturated heterocycles. The molecule has 0 amide bonds. The Kier molecular flexibility index (Phi) is 4.07. The SMILES string of the molecule is CC(=O)C(Br)c1ccc(C(F)(F)F)cc1S. The van der Waals surface area contributed by atoms with Gasteiger partial charge in [0.2, 0.25) is 0 Å². The maximum atomic E-state index is 12.3. The second-order valence-corrected chi connectivity index (χ2v) is 4.64. The Hall–Kier alpha value is -0.490. The van der Waals surface area contributed by atoms with E-state index in [1.165, 1.54) is 13.0 Å². The van der Waals surface area contributed by atoms with E-state index < -0.39 is 16.6 Å². The van der Waals surface area contributed by atoms with E-state index in [0.29, 0.717) is 5.56 Å². The fourth-order valence-electron chi connectivity index (χ4n) is 1.15. The van der Waals surface area contributed by atoms with Crippen LogP contribution in [0.5, 0.6) is 0 Å². The molecule has 0 aliphatic heterocycles. The predicted molar refractivity (Wildman–Crippen MR) is 61.0 cm³/mol. The lowest BCUT2D eigenvalue weighted by Gasteiger charge is -2.12. The smallest absolute Gasteiger partial charge is 0.298 e. The molecule has 0 N–H and O–H groups in total. The third-order valence-electron chi connectivity index (χ3n) is 1.99. The van der Waals surface area contributed by atoms with E-state index in [1.807, 2.05) is 0 Å². The van der Waals surface area contributed by atoms with Crippen LogP contribution in [0.4, 0.5) is 13.2 Å². The summed E-state index contributed by atoms with van der Waals surface area (Å²) in [6, 6.07) is 3.11. The highest BCUT2D eigenvalue weighted by Crippen LogP contribution is 2.35. The first kappa shape index (κ1) is 13.6. The number of carbonyl (C=O) groups excluding carboxylic acids is 1. The van der Waals surface area contributed by atoms with E-state index >= 15 is 0 Å². The van der Waals surface area contributed by atoms with Gasteiger partial charge < -0.3 is 0 Å². The van der Waals surface area contributed by atoms with Gasteiger partial charge >= 0.3 is 6.18 Å². The van der Waals surface area contributed by atoms with Gasteiger partial charge in [0.05, 0.1) is 10.4 Å². The average molecular weight is 313 g/mol. The molecule has 1 aromatic carbocycles. The van der Waals surface area contributed by atoms with Crippen LogP contribution in [0.15, 0.2) is 23.1 Å². The van der Waals surface area contributed by atoms with Crippen molar-refractivity contribution in [1.29, 1.82) is 0 Å². The van der Waals surface area contributed by atoms with E-state index in [2.05, 4.69) is 28.6 Å². The number of alkyl halides is 4. The van der Waals surface area contributed by atoms with Gasteiger partial charge in [0, 0.05) is 4.90 Å². The van der Waals surface area contributed by atoms with Crippen molar-refractivity contribution in [2.24, 2.45) is 0 Å². The fraction of sp³-hybridized carbons (Fsp3) is 0.300. The molecule has 0 aliphatic carbocycles. The highest BCUT2D eigenvalue weighted by Gasteiger charge is 2.31. The summed E-state index contributed by atoms with van der Waals surface area (Å²) >= 11 is 7.05. The molecular weight excluding hydrogens is 305 g/mol. The van der Waals surface area contributed by atoms with E-state index in [-0.39, 0.29) is 10.7 Å². The lowest BCUT2D eigenvalue weighted by molar-refractivity contribution is -0.137. The molecule has 1 rings (SSSR count). The van der Waals surface area contributed by atoms with Crippen LogP contribution in [0.3, 0.4) is 0 Å². The number of hydrogen-bond donors (Lipinski definition) is 1. The zero-order chi connectivity index (χ0) is 12.5. The number of halogens is 4. The van der Waals surface area contributed by atoms with Gasteiger partial charge in [-0.25, -0.2) is 0 Å². The minimum absolute atomic E-state index is 0.145. The van der Waals surface area contributed by atoms with Gasteiger partial charge in [-0.3, -0.25) is 4.79 Å². The molecule has 0 spiro atoms. The van der Waals surface area contributed by atoms with Crippen molar-refractivity contribution in [2.75, 3.05) is 0 Å². The van der Waals surface area contributed by atoms with Crippen molar-refractivity contribution < 1.29 is 18.0 Å². The van der Waals surface area contributed by atoms with Crippen molar-refractivity contribution in [3.05, 3.63) is 29.3 Å². The lowest BCUT2D eigenvalue weighted by atomic mass is 10.1. The highest BCUT2D eigenvalue weighted by molar-refractivity contribution is 9.09. The number of thiol groups is 1. The average Bonchev–Trinajstić information content (AvgIpc) is 2.15. The van der Waals surface area contributed by atoms with Crippen molar-refractivity contribution in [3.63, 3.8) is 0 Å². The van der Waals surface area contributed by atoms with Crippen LogP contribution < -0.4 is 0 Å². The second kappa shape index (κ2) is 4.79. The zero-order valence-corrected chi connectivity index (χ0v) is 10.7. The Morgan fingerprint density at radius 3 is 2.38 bits per heavy atom. The molecular formula is C10H8BrF3OS. The first-order chi connectivity index (χ1) is 7.23. The van der Waals surface area contributed by atoms with Crippen molar-refractivity contribution in [1.82, 2.24) is 0 Å². The van der Waals surface area contributed by atoms with Crippen molar-refractivity contribution >= 4 is 34.3 Å². The molecule has 0 aromatic heterocycles. The van der Waals surface area contributed by atoms with Gasteiger partial charge in [0.15, 0.2) is 0 Å². The van der Waals surface area contributed by atoms with E-state index in [4.69, 9.17) is 0 Å². The maximum Gasteiger partial charge on any atom is 0.416 e. The first-order valence-corrected chi connectivity index (χ1v) is 5.64. The molecule has 88 valence electrons. The van der Waals surface area contributed by atoms with Gasteiger partial charge in [-0.05, 0) is 24.6 Å². The summed E-state index contributed by atoms with van der Waals surface area (Å²) in [6.45, 7) is 1.35. The summed E-state index contributed by atoms with van der Waals surface area (Å²) in [5.74, 6) is -0.185. The Balaban J connectivity index is 3.15. The summed E-state index contributed by atoms with van der Waals surface area (Å²) in [5, 5.41) is 0. The maximum absolute atomic E-state index is 12.3. The van der Waals surface area contributed by atoms with Gasteiger partial charge in [-0.2, -0.15) is 13.2 Å². The van der Waals surface area contributed by atoms with Gasteiger partial charge in [0.25, 0.3) is 0 Å². The van der Waals surface area contributed by atoms with E-state index in [0.717, 1.165) is 12.1 Å². The lowest BCUT2D eigenvalue weighted by Crippen LogP contribution is -2.07. The Morgan fingerprint density at radius 2 is 2.00 bits per heavy atom. The van der Waals surface area contributed by atoms with Crippen LogP contribution in [-0.4, -0.2) is 5.78 Å². The normalized spacial score (nSPS) is 13.6. The van der Waals surface area contributed by atoms with E-state index in [1.54, 1.807) is 0 Å². The number of hydrogen-bond acceptors (Lipinski definition) is 2. The summed E-state index contributed by atoms with van der Waals surface area (Å²) < 4.78 is 37.0. The largest absolute Gasteiger partial charge is 0.416 e. The highest BCUT2D eigenvalue weighted by atomic mass is 79.9. The van der Waals surface area contributed by atoms with Crippen LogP contribution >= 0.6 is 28.6 Å². The Bertz CT molecular complexity index is 417. The molecule has 0 fully saturated rings. The molecule has 0 heterocycles. The molecule has 0 bridgehead atoms. The van der Waals surface area contributed by atoms with Crippen LogP contribution in [-0.2, 0) is 11.0 Å². The van der Waals surface area contributed by atoms with Crippen LogP contribution in [0, 0.1) is 0 Å². The molecule has 1 aromatic rings. The summed E-state index contributed by atoms with van der Waals surface area (Å²) in [6.07, 6.45) is -4.39. The topological polar surface area (TPSA) is 17.1 Å². The number of rotatable bonds is 2. The third kappa shape index (κ3) is 3.01. The molecule has 0 saturated carbocycles. The predicted octanol–water partition coefficient (Wildman–Crippen LogP) is 4.02. The van der Waals surface area contributed by atoms with Crippen molar-refractivity contribution in [2.45, 2.75) is 22.8 Å². The molecule has 0 aliphatic rings. The van der Waals surface area contributed by atoms with Crippen LogP contribution in [0.25, 0.3) is 0 Å². The van der Waals surface area contributed by atoms with Crippen molar-refractivity contribution in [3.8, 4) is 0 Å².